The topological polar surface area (TPSA) is 33.1 Å². The van der Waals surface area contributed by atoms with E-state index < -0.39 is 0 Å². The van der Waals surface area contributed by atoms with E-state index in [1.54, 1.807) is 0 Å². The zero-order valence-corrected chi connectivity index (χ0v) is 8.85. The van der Waals surface area contributed by atoms with Crippen molar-refractivity contribution in [2.24, 2.45) is 5.92 Å². The SMILES string of the molecule is CC(CO)Cc1ccnc2ccccc12. The third-order valence-electron chi connectivity index (χ3n) is 2.62. The van der Waals surface area contributed by atoms with Crippen LogP contribution in [0.1, 0.15) is 12.5 Å². The molecule has 2 rings (SSSR count). The van der Waals surface area contributed by atoms with Gasteiger partial charge in [0.25, 0.3) is 0 Å². The summed E-state index contributed by atoms with van der Waals surface area (Å²) in [6, 6.07) is 10.2. The molecule has 0 fully saturated rings. The third kappa shape index (κ3) is 2.16. The van der Waals surface area contributed by atoms with Crippen LogP contribution in [0.15, 0.2) is 36.5 Å². The van der Waals surface area contributed by atoms with Crippen LogP contribution in [-0.2, 0) is 6.42 Å². The maximum Gasteiger partial charge on any atom is 0.0704 e. The van der Waals surface area contributed by atoms with Crippen molar-refractivity contribution in [2.45, 2.75) is 13.3 Å². The fourth-order valence-corrected chi connectivity index (χ4v) is 1.77. The molecule has 1 aromatic carbocycles. The molecule has 0 saturated carbocycles. The predicted molar refractivity (Wildman–Crippen MR) is 61.7 cm³/mol. The molecule has 1 aromatic heterocycles. The number of pyridine rings is 1. The van der Waals surface area contributed by atoms with E-state index in [-0.39, 0.29) is 6.61 Å². The minimum Gasteiger partial charge on any atom is -0.396 e. The number of hydrogen-bond acceptors (Lipinski definition) is 2. The molecule has 1 atom stereocenters. The van der Waals surface area contributed by atoms with E-state index in [1.807, 2.05) is 30.5 Å². The molecule has 1 heterocycles. The quantitative estimate of drug-likeness (QED) is 0.827. The lowest BCUT2D eigenvalue weighted by atomic mass is 9.99. The maximum absolute atomic E-state index is 9.05. The normalized spacial score (nSPS) is 12.9. The molecule has 2 heteroatoms. The Kier molecular flexibility index (Phi) is 2.97. The number of aliphatic hydroxyl groups is 1. The smallest absolute Gasteiger partial charge is 0.0704 e. The summed E-state index contributed by atoms with van der Waals surface area (Å²) in [6.07, 6.45) is 2.74. The molecule has 2 nitrogen and oxygen atoms in total. The van der Waals surface area contributed by atoms with Crippen LogP contribution in [0.2, 0.25) is 0 Å². The first kappa shape index (κ1) is 10.1. The molecule has 0 aliphatic rings. The van der Waals surface area contributed by atoms with Gasteiger partial charge in [0.15, 0.2) is 0 Å². The highest BCUT2D eigenvalue weighted by Gasteiger charge is 2.05. The van der Waals surface area contributed by atoms with Crippen LogP contribution in [0.5, 0.6) is 0 Å². The van der Waals surface area contributed by atoms with Gasteiger partial charge in [-0.25, -0.2) is 0 Å². The zero-order valence-electron chi connectivity index (χ0n) is 8.85. The molecular weight excluding hydrogens is 186 g/mol. The molecule has 15 heavy (non-hydrogen) atoms. The Morgan fingerprint density at radius 3 is 2.87 bits per heavy atom. The minimum absolute atomic E-state index is 0.233. The molecule has 0 saturated heterocycles. The molecule has 0 aliphatic carbocycles. The summed E-state index contributed by atoms with van der Waals surface area (Å²) in [5.74, 6) is 0.302. The molecule has 0 aliphatic heterocycles. The van der Waals surface area contributed by atoms with Crippen molar-refractivity contribution in [3.05, 3.63) is 42.1 Å². The highest BCUT2D eigenvalue weighted by atomic mass is 16.3. The largest absolute Gasteiger partial charge is 0.396 e. The first-order chi connectivity index (χ1) is 7.31. The summed E-state index contributed by atoms with van der Waals surface area (Å²) < 4.78 is 0. The Labute approximate surface area is 89.6 Å². The van der Waals surface area contributed by atoms with Crippen LogP contribution in [0, 0.1) is 5.92 Å². The van der Waals surface area contributed by atoms with Gasteiger partial charge in [-0.1, -0.05) is 25.1 Å². The average molecular weight is 201 g/mol. The maximum atomic E-state index is 9.05. The zero-order chi connectivity index (χ0) is 10.7. The monoisotopic (exact) mass is 201 g/mol. The van der Waals surface area contributed by atoms with Crippen molar-refractivity contribution >= 4 is 10.9 Å². The number of benzene rings is 1. The Morgan fingerprint density at radius 2 is 2.07 bits per heavy atom. The van der Waals surface area contributed by atoms with Crippen LogP contribution >= 0.6 is 0 Å². The standard InChI is InChI=1S/C13H15NO/c1-10(9-15)8-11-6-7-14-13-5-3-2-4-12(11)13/h2-7,10,15H,8-9H2,1H3. The van der Waals surface area contributed by atoms with Crippen molar-refractivity contribution in [3.8, 4) is 0 Å². The predicted octanol–water partition coefficient (Wildman–Crippen LogP) is 2.41. The van der Waals surface area contributed by atoms with E-state index >= 15 is 0 Å². The summed E-state index contributed by atoms with van der Waals surface area (Å²) in [6.45, 7) is 2.28. The fraction of sp³-hybridized carbons (Fsp3) is 0.308. The van der Waals surface area contributed by atoms with Crippen molar-refractivity contribution < 1.29 is 5.11 Å². The second-order valence-corrected chi connectivity index (χ2v) is 3.98. The second-order valence-electron chi connectivity index (χ2n) is 3.98. The van der Waals surface area contributed by atoms with E-state index in [4.69, 9.17) is 5.11 Å². The Hall–Kier alpha value is -1.41. The number of fused-ring (bicyclic) bond motifs is 1. The first-order valence-electron chi connectivity index (χ1n) is 5.24. The van der Waals surface area contributed by atoms with Gasteiger partial charge in [0.2, 0.25) is 0 Å². The molecule has 1 N–H and O–H groups in total. The van der Waals surface area contributed by atoms with Crippen LogP contribution < -0.4 is 0 Å². The van der Waals surface area contributed by atoms with E-state index in [0.717, 1.165) is 11.9 Å². The van der Waals surface area contributed by atoms with Gasteiger partial charge in [-0.2, -0.15) is 0 Å². The lowest BCUT2D eigenvalue weighted by Crippen LogP contribution is -2.05. The van der Waals surface area contributed by atoms with Gasteiger partial charge in [-0.15, -0.1) is 0 Å². The third-order valence-corrected chi connectivity index (χ3v) is 2.62. The van der Waals surface area contributed by atoms with Gasteiger partial charge in [-0.05, 0) is 30.0 Å². The van der Waals surface area contributed by atoms with Crippen LogP contribution in [-0.4, -0.2) is 16.7 Å². The fourth-order valence-electron chi connectivity index (χ4n) is 1.77. The van der Waals surface area contributed by atoms with E-state index in [2.05, 4.69) is 18.0 Å². The van der Waals surface area contributed by atoms with Crippen molar-refractivity contribution in [1.82, 2.24) is 4.98 Å². The molecule has 78 valence electrons. The summed E-state index contributed by atoms with van der Waals surface area (Å²) in [4.78, 5) is 4.31. The van der Waals surface area contributed by atoms with Crippen LogP contribution in [0.4, 0.5) is 0 Å². The lowest BCUT2D eigenvalue weighted by Gasteiger charge is -2.09. The number of nitrogens with zero attached hydrogens (tertiary/aromatic N) is 1. The lowest BCUT2D eigenvalue weighted by molar-refractivity contribution is 0.237. The number of para-hydroxylation sites is 1. The van der Waals surface area contributed by atoms with Gasteiger partial charge in [-0.3, -0.25) is 4.98 Å². The molecule has 0 spiro atoms. The average Bonchev–Trinajstić information content (AvgIpc) is 2.29. The number of aromatic nitrogens is 1. The molecule has 2 aromatic rings. The molecular formula is C13H15NO. The Morgan fingerprint density at radius 1 is 1.27 bits per heavy atom. The first-order valence-corrected chi connectivity index (χ1v) is 5.24. The summed E-state index contributed by atoms with van der Waals surface area (Å²) in [5, 5.41) is 10.2. The molecule has 0 radical (unpaired) electrons. The number of hydrogen-bond donors (Lipinski definition) is 1. The molecule has 0 bridgehead atoms. The van der Waals surface area contributed by atoms with Gasteiger partial charge in [0.1, 0.15) is 0 Å². The van der Waals surface area contributed by atoms with Crippen LogP contribution in [0.25, 0.3) is 10.9 Å². The summed E-state index contributed by atoms with van der Waals surface area (Å²) in [5.41, 5.74) is 2.29. The van der Waals surface area contributed by atoms with Crippen molar-refractivity contribution in [2.75, 3.05) is 6.61 Å². The van der Waals surface area contributed by atoms with Gasteiger partial charge in [0.05, 0.1) is 5.52 Å². The highest BCUT2D eigenvalue weighted by molar-refractivity contribution is 5.81. The number of rotatable bonds is 3. The highest BCUT2D eigenvalue weighted by Crippen LogP contribution is 2.18. The minimum atomic E-state index is 0.233. The van der Waals surface area contributed by atoms with E-state index in [0.29, 0.717) is 5.92 Å². The van der Waals surface area contributed by atoms with E-state index in [1.165, 1.54) is 10.9 Å². The second kappa shape index (κ2) is 4.41. The van der Waals surface area contributed by atoms with Gasteiger partial charge < -0.3 is 5.11 Å². The van der Waals surface area contributed by atoms with Crippen molar-refractivity contribution in [3.63, 3.8) is 0 Å². The van der Waals surface area contributed by atoms with Crippen molar-refractivity contribution in [1.29, 1.82) is 0 Å². The summed E-state index contributed by atoms with van der Waals surface area (Å²) >= 11 is 0. The van der Waals surface area contributed by atoms with Gasteiger partial charge >= 0.3 is 0 Å². The molecule has 1 unspecified atom stereocenters. The number of aliphatic hydroxyl groups excluding tert-OH is 1. The van der Waals surface area contributed by atoms with Crippen LogP contribution in [0.3, 0.4) is 0 Å². The Bertz CT molecular complexity index is 448. The Balaban J connectivity index is 2.42. The van der Waals surface area contributed by atoms with E-state index in [9.17, 15) is 0 Å². The van der Waals surface area contributed by atoms with Gasteiger partial charge in [0, 0.05) is 18.2 Å². The molecule has 0 amide bonds. The summed E-state index contributed by atoms with van der Waals surface area (Å²) in [7, 11) is 0.